The van der Waals surface area contributed by atoms with Crippen molar-refractivity contribution in [3.05, 3.63) is 10.4 Å². The summed E-state index contributed by atoms with van der Waals surface area (Å²) >= 11 is 1.16. The molecule has 3 rings (SSSR count). The molecular weight excluding hydrogens is 514 g/mol. The van der Waals surface area contributed by atoms with Crippen molar-refractivity contribution in [1.82, 2.24) is 19.5 Å². The molecule has 0 aromatic carbocycles. The Labute approximate surface area is 188 Å². The highest BCUT2D eigenvalue weighted by atomic mass is 32.2. The van der Waals surface area contributed by atoms with Crippen molar-refractivity contribution >= 4 is 44.5 Å². The van der Waals surface area contributed by atoms with E-state index in [1.54, 1.807) is 0 Å². The van der Waals surface area contributed by atoms with E-state index < -0.39 is 52.4 Å². The molecular formula is C12H22N6O12P2S. The van der Waals surface area contributed by atoms with Crippen LogP contribution in [0.15, 0.2) is 9.95 Å². The van der Waals surface area contributed by atoms with E-state index >= 15 is 0 Å². The van der Waals surface area contributed by atoms with Gasteiger partial charge in [0.25, 0.3) is 5.56 Å². The number of hydrogen-bond acceptors (Lipinski definition) is 12. The Bertz CT molecular complexity index is 1110. The standard InChI is InChI=1S/C12H19N6O8PS.H3O4P/c13-1-2-28-12-15-5-8(16-11(14)17-9(5)21)18(12)10-7(20)6(19)4(26-10)3-25-27(22,23)24;1-5(2,3)4/h4,6-7,10,19-20H,1-3,13H2,(H2,22,23,24)(H3,14,16,17,21);(H3,1,2,3,4)/t4-,6-,7-,10-;/m1./s1. The number of aromatic nitrogens is 4. The number of nitrogen functional groups attached to an aromatic ring is 1. The van der Waals surface area contributed by atoms with Gasteiger partial charge in [0.1, 0.15) is 18.3 Å². The third kappa shape index (κ3) is 7.79. The fraction of sp³-hybridized carbons (Fsp3) is 0.583. The molecule has 0 saturated carbocycles. The maximum atomic E-state index is 12.1. The van der Waals surface area contributed by atoms with Gasteiger partial charge in [0.15, 0.2) is 22.5 Å². The van der Waals surface area contributed by atoms with Gasteiger partial charge in [-0.15, -0.1) is 0 Å². The Morgan fingerprint density at radius 3 is 2.30 bits per heavy atom. The number of hydrogen-bond donors (Lipinski definition) is 10. The van der Waals surface area contributed by atoms with Gasteiger partial charge in [-0.05, 0) is 0 Å². The number of aromatic amines is 1. The molecule has 4 atom stereocenters. The molecule has 1 saturated heterocycles. The van der Waals surface area contributed by atoms with Gasteiger partial charge in [-0.2, -0.15) is 4.98 Å². The number of fused-ring (bicyclic) bond motifs is 1. The number of H-pyrrole nitrogens is 1. The number of nitrogens with two attached hydrogens (primary N) is 2. The van der Waals surface area contributed by atoms with Crippen molar-refractivity contribution in [3.8, 4) is 0 Å². The number of aliphatic hydroxyl groups excluding tert-OH is 2. The molecule has 1 aliphatic heterocycles. The summed E-state index contributed by atoms with van der Waals surface area (Å²) in [5.74, 6) is 0.232. The zero-order valence-corrected chi connectivity index (χ0v) is 19.0. The van der Waals surface area contributed by atoms with Crippen molar-refractivity contribution in [2.75, 3.05) is 24.6 Å². The molecule has 2 aromatic rings. The lowest BCUT2D eigenvalue weighted by Gasteiger charge is -2.19. The first-order valence-corrected chi connectivity index (χ1v) is 12.8. The molecule has 18 nitrogen and oxygen atoms in total. The second-order valence-corrected chi connectivity index (χ2v) is 9.70. The maximum Gasteiger partial charge on any atom is 0.469 e. The van der Waals surface area contributed by atoms with Gasteiger partial charge >= 0.3 is 15.6 Å². The van der Waals surface area contributed by atoms with Crippen molar-refractivity contribution in [2.24, 2.45) is 5.73 Å². The highest BCUT2D eigenvalue weighted by Gasteiger charge is 2.46. The molecule has 21 heteroatoms. The molecule has 1 aliphatic rings. The number of rotatable bonds is 7. The molecule has 1 fully saturated rings. The van der Waals surface area contributed by atoms with E-state index in [2.05, 4.69) is 19.5 Å². The van der Waals surface area contributed by atoms with Crippen molar-refractivity contribution in [3.63, 3.8) is 0 Å². The van der Waals surface area contributed by atoms with Gasteiger partial charge in [0, 0.05) is 12.3 Å². The lowest BCUT2D eigenvalue weighted by atomic mass is 10.1. The van der Waals surface area contributed by atoms with Crippen molar-refractivity contribution in [2.45, 2.75) is 29.7 Å². The fourth-order valence-electron chi connectivity index (χ4n) is 2.71. The molecule has 0 aliphatic carbocycles. The topological polar surface area (TPSA) is 310 Å². The maximum absolute atomic E-state index is 12.1. The van der Waals surface area contributed by atoms with E-state index in [1.165, 1.54) is 4.57 Å². The van der Waals surface area contributed by atoms with Gasteiger partial charge in [0.05, 0.1) is 6.61 Å². The second kappa shape index (κ2) is 10.9. The largest absolute Gasteiger partial charge is 0.469 e. The van der Waals surface area contributed by atoms with E-state index in [-0.39, 0.29) is 22.3 Å². The van der Waals surface area contributed by atoms with Gasteiger partial charge < -0.3 is 50.9 Å². The number of ether oxygens (including phenoxy) is 1. The highest BCUT2D eigenvalue weighted by Crippen LogP contribution is 2.39. The zero-order valence-electron chi connectivity index (χ0n) is 16.4. The fourth-order valence-corrected chi connectivity index (χ4v) is 3.84. The monoisotopic (exact) mass is 536 g/mol. The quantitative estimate of drug-likeness (QED) is 0.121. The van der Waals surface area contributed by atoms with Gasteiger partial charge in [-0.1, -0.05) is 11.8 Å². The summed E-state index contributed by atoms with van der Waals surface area (Å²) < 4.78 is 31.0. The molecule has 12 N–H and O–H groups in total. The molecule has 2 aromatic heterocycles. The average molecular weight is 536 g/mol. The minimum atomic E-state index is -4.81. The van der Waals surface area contributed by atoms with Crippen molar-refractivity contribution in [1.29, 1.82) is 0 Å². The third-order valence-electron chi connectivity index (χ3n) is 3.88. The Kier molecular flexibility index (Phi) is 9.16. The van der Waals surface area contributed by atoms with Crippen LogP contribution in [0, 0.1) is 0 Å². The lowest BCUT2D eigenvalue weighted by molar-refractivity contribution is -0.0541. The Morgan fingerprint density at radius 2 is 1.76 bits per heavy atom. The smallest absolute Gasteiger partial charge is 0.387 e. The first kappa shape index (κ1) is 27.8. The zero-order chi connectivity index (χ0) is 25.1. The Balaban J connectivity index is 0.000000696. The van der Waals surface area contributed by atoms with Gasteiger partial charge in [0.2, 0.25) is 5.95 Å². The van der Waals surface area contributed by atoms with E-state index in [0.717, 1.165) is 11.8 Å². The second-order valence-electron chi connectivity index (χ2n) is 6.37. The predicted octanol–water partition coefficient (Wildman–Crippen LogP) is -3.45. The van der Waals surface area contributed by atoms with Gasteiger partial charge in [-0.25, -0.2) is 14.1 Å². The minimum absolute atomic E-state index is 0.00794. The summed E-state index contributed by atoms with van der Waals surface area (Å²) in [4.78, 5) is 61.9. The first-order valence-electron chi connectivity index (χ1n) is 8.73. The summed E-state index contributed by atoms with van der Waals surface area (Å²) in [7, 11) is -9.44. The van der Waals surface area contributed by atoms with Crippen LogP contribution >= 0.6 is 27.4 Å². The van der Waals surface area contributed by atoms with Crippen LogP contribution in [0.3, 0.4) is 0 Å². The summed E-state index contributed by atoms with van der Waals surface area (Å²) in [5, 5.41) is 20.8. The van der Waals surface area contributed by atoms with Crippen LogP contribution in [-0.4, -0.2) is 91.4 Å². The molecule has 0 unspecified atom stereocenters. The van der Waals surface area contributed by atoms with Crippen LogP contribution in [0.4, 0.5) is 5.95 Å². The van der Waals surface area contributed by atoms with Gasteiger partial charge in [-0.3, -0.25) is 18.9 Å². The molecule has 0 bridgehead atoms. The number of imidazole rings is 1. The summed E-state index contributed by atoms with van der Waals surface area (Å²) in [6.07, 6.45) is -5.57. The Morgan fingerprint density at radius 1 is 1.15 bits per heavy atom. The third-order valence-corrected chi connectivity index (χ3v) is 5.36. The van der Waals surface area contributed by atoms with Crippen LogP contribution in [0.25, 0.3) is 11.2 Å². The molecule has 3 heterocycles. The number of anilines is 1. The normalized spacial score (nSPS) is 23.5. The average Bonchev–Trinajstić information content (AvgIpc) is 3.14. The number of nitrogens with one attached hydrogen (secondary N) is 1. The van der Waals surface area contributed by atoms with E-state index in [4.69, 9.17) is 45.2 Å². The van der Waals surface area contributed by atoms with E-state index in [1.807, 2.05) is 0 Å². The van der Waals surface area contributed by atoms with E-state index in [0.29, 0.717) is 12.3 Å². The van der Waals surface area contributed by atoms with E-state index in [9.17, 15) is 19.6 Å². The number of thioether (sulfide) groups is 1. The molecule has 33 heavy (non-hydrogen) atoms. The lowest BCUT2D eigenvalue weighted by Crippen LogP contribution is -2.33. The van der Waals surface area contributed by atoms with Crippen LogP contribution < -0.4 is 17.0 Å². The number of phosphoric ester groups is 1. The summed E-state index contributed by atoms with van der Waals surface area (Å²) in [5.41, 5.74) is 10.4. The molecule has 188 valence electrons. The first-order chi connectivity index (χ1) is 15.1. The van der Waals surface area contributed by atoms with Crippen LogP contribution in [0.1, 0.15) is 6.23 Å². The summed E-state index contributed by atoms with van der Waals surface area (Å²) in [6.45, 7) is -0.373. The Hall–Kier alpha value is -1.44. The van der Waals surface area contributed by atoms with Crippen LogP contribution in [-0.2, 0) is 18.4 Å². The SMILES string of the molecule is NCCSc1nc2c(=O)[nH]c(N)nc2n1[C@@H]1O[C@H](COP(=O)(O)O)[C@@H](O)[C@H]1O.O=P(O)(O)O. The number of phosphoric acid groups is 2. The molecule has 0 radical (unpaired) electrons. The molecule has 0 spiro atoms. The molecule has 0 amide bonds. The minimum Gasteiger partial charge on any atom is -0.387 e. The number of aliphatic hydroxyl groups is 2. The van der Waals surface area contributed by atoms with Crippen molar-refractivity contribution < 1.29 is 53.1 Å². The van der Waals surface area contributed by atoms with Crippen LogP contribution in [0.2, 0.25) is 0 Å². The predicted molar refractivity (Wildman–Crippen MR) is 111 cm³/mol. The summed E-state index contributed by atoms with van der Waals surface area (Å²) in [6, 6.07) is 0. The number of nitrogens with zero attached hydrogens (tertiary/aromatic N) is 3. The highest BCUT2D eigenvalue weighted by molar-refractivity contribution is 7.99. The van der Waals surface area contributed by atoms with Crippen LogP contribution in [0.5, 0.6) is 0 Å².